The summed E-state index contributed by atoms with van der Waals surface area (Å²) < 4.78 is 0. The fourth-order valence-electron chi connectivity index (χ4n) is 4.16. The summed E-state index contributed by atoms with van der Waals surface area (Å²) in [5.74, 6) is 1.29. The first kappa shape index (κ1) is 16.3. The van der Waals surface area contributed by atoms with Crippen LogP contribution in [0.1, 0.15) is 30.5 Å². The summed E-state index contributed by atoms with van der Waals surface area (Å²) in [6.07, 6.45) is 1.09. The van der Waals surface area contributed by atoms with Crippen molar-refractivity contribution in [3.05, 3.63) is 71.8 Å². The van der Waals surface area contributed by atoms with Crippen molar-refractivity contribution in [1.29, 1.82) is 0 Å². The number of hydrogen-bond acceptors (Lipinski definition) is 1. The Morgan fingerprint density at radius 3 is 1.88 bits per heavy atom. The number of rotatable bonds is 4. The topological polar surface area (TPSA) is 24.8 Å². The highest BCUT2D eigenvalue weighted by atomic mass is 16.2. The number of hydrogen-bond donors (Lipinski definition) is 1. The van der Waals surface area contributed by atoms with E-state index in [0.717, 1.165) is 32.6 Å². The second kappa shape index (κ2) is 7.01. The van der Waals surface area contributed by atoms with E-state index in [1.807, 2.05) is 0 Å². The van der Waals surface area contributed by atoms with Crippen molar-refractivity contribution in [3.8, 4) is 0 Å². The average molecular weight is 335 g/mol. The molecule has 2 fully saturated rings. The molecule has 1 heterocycles. The number of benzene rings is 2. The lowest BCUT2D eigenvalue weighted by Gasteiger charge is -2.37. The molecule has 0 radical (unpaired) electrons. The van der Waals surface area contributed by atoms with Gasteiger partial charge in [0.05, 0.1) is 26.2 Å². The first-order valence-corrected chi connectivity index (χ1v) is 9.47. The van der Waals surface area contributed by atoms with Gasteiger partial charge in [0.25, 0.3) is 0 Å². The third-order valence-electron chi connectivity index (χ3n) is 5.82. The van der Waals surface area contributed by atoms with E-state index in [2.05, 4.69) is 72.5 Å². The van der Waals surface area contributed by atoms with Crippen molar-refractivity contribution in [3.63, 3.8) is 0 Å². The fourth-order valence-corrected chi connectivity index (χ4v) is 4.16. The lowest BCUT2D eigenvalue weighted by molar-refractivity contribution is -0.929. The highest BCUT2D eigenvalue weighted by molar-refractivity contribution is 5.81. The van der Waals surface area contributed by atoms with E-state index in [9.17, 15) is 4.79 Å². The van der Waals surface area contributed by atoms with Crippen LogP contribution in [0.4, 0.5) is 0 Å². The predicted octanol–water partition coefficient (Wildman–Crippen LogP) is 2.16. The molecule has 25 heavy (non-hydrogen) atoms. The highest BCUT2D eigenvalue weighted by Gasteiger charge is 2.43. The molecule has 1 saturated heterocycles. The first-order valence-electron chi connectivity index (χ1n) is 9.47. The zero-order valence-electron chi connectivity index (χ0n) is 14.9. The van der Waals surface area contributed by atoms with Crippen LogP contribution in [0.15, 0.2) is 60.7 Å². The Morgan fingerprint density at radius 1 is 0.960 bits per heavy atom. The summed E-state index contributed by atoms with van der Waals surface area (Å²) in [6.45, 7) is 5.98. The molecule has 0 unspecified atom stereocenters. The van der Waals surface area contributed by atoms with Crippen LogP contribution in [0.5, 0.6) is 0 Å². The molecule has 1 amide bonds. The van der Waals surface area contributed by atoms with Gasteiger partial charge in [-0.1, -0.05) is 67.6 Å². The molecular weight excluding hydrogens is 308 g/mol. The molecule has 2 atom stereocenters. The van der Waals surface area contributed by atoms with Gasteiger partial charge in [-0.2, -0.15) is 0 Å². The molecule has 3 nitrogen and oxygen atoms in total. The van der Waals surface area contributed by atoms with Crippen LogP contribution in [-0.2, 0) is 4.79 Å². The Morgan fingerprint density at radius 2 is 1.44 bits per heavy atom. The largest absolute Gasteiger partial charge is 0.331 e. The Hall–Kier alpha value is -2.13. The van der Waals surface area contributed by atoms with E-state index in [0.29, 0.717) is 23.8 Å². The lowest BCUT2D eigenvalue weighted by Crippen LogP contribution is -3.15. The van der Waals surface area contributed by atoms with Crippen molar-refractivity contribution in [2.45, 2.75) is 19.4 Å². The van der Waals surface area contributed by atoms with Crippen molar-refractivity contribution >= 4 is 5.91 Å². The molecule has 1 aliphatic heterocycles. The summed E-state index contributed by atoms with van der Waals surface area (Å²) in [7, 11) is 0. The van der Waals surface area contributed by atoms with Crippen LogP contribution in [0.2, 0.25) is 0 Å². The summed E-state index contributed by atoms with van der Waals surface area (Å²) in [5.41, 5.74) is 2.72. The van der Waals surface area contributed by atoms with Crippen molar-refractivity contribution in [2.24, 2.45) is 11.8 Å². The van der Waals surface area contributed by atoms with E-state index < -0.39 is 0 Å². The smallest absolute Gasteiger partial charge is 0.226 e. The van der Waals surface area contributed by atoms with Gasteiger partial charge in [0, 0.05) is 17.0 Å². The Kier molecular flexibility index (Phi) is 4.58. The molecule has 130 valence electrons. The molecule has 0 spiro atoms. The van der Waals surface area contributed by atoms with Crippen LogP contribution in [0.25, 0.3) is 0 Å². The molecule has 0 aromatic heterocycles. The quantitative estimate of drug-likeness (QED) is 0.910. The Bertz CT molecular complexity index is 668. The van der Waals surface area contributed by atoms with E-state index in [1.165, 1.54) is 11.1 Å². The summed E-state index contributed by atoms with van der Waals surface area (Å²) in [5, 5.41) is 0. The fraction of sp³-hybridized carbons (Fsp3) is 0.409. The number of nitrogens with zero attached hydrogens (tertiary/aromatic N) is 1. The minimum atomic E-state index is 0.306. The second-order valence-corrected chi connectivity index (χ2v) is 7.56. The number of piperazine rings is 1. The lowest BCUT2D eigenvalue weighted by atomic mass is 9.96. The number of quaternary nitrogens is 1. The van der Waals surface area contributed by atoms with Crippen LogP contribution < -0.4 is 4.90 Å². The summed E-state index contributed by atoms with van der Waals surface area (Å²) in [6, 6.07) is 21.9. The standard InChI is InChI=1S/C22H26N2O/c1-17-16-20(17)22(25)24-14-12-23(13-15-24)21(18-8-4-2-5-9-18)19-10-6-3-7-11-19/h2-11,17,20-21H,12-16H2,1H3/p+1/t17-,20+/m0/s1. The summed E-state index contributed by atoms with van der Waals surface area (Å²) >= 11 is 0. The van der Waals surface area contributed by atoms with Gasteiger partial charge in [0.15, 0.2) is 0 Å². The van der Waals surface area contributed by atoms with Gasteiger partial charge in [-0.15, -0.1) is 0 Å². The maximum absolute atomic E-state index is 12.5. The number of carbonyl (C=O) groups is 1. The van der Waals surface area contributed by atoms with Crippen molar-refractivity contribution < 1.29 is 9.69 Å². The molecule has 0 bridgehead atoms. The zero-order chi connectivity index (χ0) is 17.2. The Labute approximate surface area is 150 Å². The molecule has 1 saturated carbocycles. The van der Waals surface area contributed by atoms with Gasteiger partial charge in [-0.05, 0) is 12.3 Å². The maximum atomic E-state index is 12.5. The number of nitrogens with one attached hydrogen (secondary N) is 1. The molecular formula is C22H27N2O+. The minimum absolute atomic E-state index is 0.306. The van der Waals surface area contributed by atoms with Crippen molar-refractivity contribution in [1.82, 2.24) is 4.90 Å². The van der Waals surface area contributed by atoms with E-state index in [-0.39, 0.29) is 0 Å². The van der Waals surface area contributed by atoms with Gasteiger partial charge in [0.2, 0.25) is 5.91 Å². The average Bonchev–Trinajstić information content (AvgIpc) is 3.40. The molecule has 3 heteroatoms. The van der Waals surface area contributed by atoms with Gasteiger partial charge >= 0.3 is 0 Å². The molecule has 4 rings (SSSR count). The van der Waals surface area contributed by atoms with Gasteiger partial charge < -0.3 is 9.80 Å². The molecule has 2 aromatic carbocycles. The first-order chi connectivity index (χ1) is 12.2. The minimum Gasteiger partial charge on any atom is -0.331 e. The SMILES string of the molecule is C[C@H]1C[C@H]1C(=O)N1CC[NH+](C(c2ccccc2)c2ccccc2)CC1. The third kappa shape index (κ3) is 3.47. The Balaban J connectivity index is 1.50. The van der Waals surface area contributed by atoms with Gasteiger partial charge in [-0.25, -0.2) is 0 Å². The molecule has 1 N–H and O–H groups in total. The highest BCUT2D eigenvalue weighted by Crippen LogP contribution is 2.39. The van der Waals surface area contributed by atoms with Gasteiger partial charge in [0.1, 0.15) is 6.04 Å². The normalized spacial score (nSPS) is 23.7. The van der Waals surface area contributed by atoms with E-state index in [4.69, 9.17) is 0 Å². The molecule has 1 aliphatic carbocycles. The monoisotopic (exact) mass is 335 g/mol. The van der Waals surface area contributed by atoms with Crippen LogP contribution in [-0.4, -0.2) is 37.0 Å². The number of amides is 1. The van der Waals surface area contributed by atoms with Crippen LogP contribution in [0.3, 0.4) is 0 Å². The third-order valence-corrected chi connectivity index (χ3v) is 5.82. The maximum Gasteiger partial charge on any atom is 0.226 e. The zero-order valence-corrected chi connectivity index (χ0v) is 14.9. The number of carbonyl (C=O) groups excluding carboxylic acids is 1. The van der Waals surface area contributed by atoms with Crippen LogP contribution >= 0.6 is 0 Å². The van der Waals surface area contributed by atoms with E-state index >= 15 is 0 Å². The predicted molar refractivity (Wildman–Crippen MR) is 99.3 cm³/mol. The van der Waals surface area contributed by atoms with Gasteiger partial charge in [-0.3, -0.25) is 4.79 Å². The molecule has 2 aliphatic rings. The second-order valence-electron chi connectivity index (χ2n) is 7.56. The molecule has 2 aromatic rings. The van der Waals surface area contributed by atoms with Crippen LogP contribution in [0, 0.1) is 11.8 Å². The van der Waals surface area contributed by atoms with E-state index in [1.54, 1.807) is 4.90 Å². The summed E-state index contributed by atoms with van der Waals surface area (Å²) in [4.78, 5) is 16.2. The van der Waals surface area contributed by atoms with Crippen molar-refractivity contribution in [2.75, 3.05) is 26.2 Å².